The zero-order valence-corrected chi connectivity index (χ0v) is 14.7. The van der Waals surface area contributed by atoms with Crippen LogP contribution in [0.15, 0.2) is 54.9 Å². The van der Waals surface area contributed by atoms with Gasteiger partial charge in [0, 0.05) is 11.8 Å². The van der Waals surface area contributed by atoms with Crippen LogP contribution in [-0.2, 0) is 6.42 Å². The van der Waals surface area contributed by atoms with Crippen molar-refractivity contribution in [2.75, 3.05) is 11.1 Å². The van der Waals surface area contributed by atoms with Crippen LogP contribution in [-0.4, -0.2) is 10.9 Å². The Morgan fingerprint density at radius 1 is 1.19 bits per heavy atom. The van der Waals surface area contributed by atoms with E-state index >= 15 is 0 Å². The molecular formula is C20H19FN4O2. The monoisotopic (exact) mass is 366 g/mol. The zero-order chi connectivity index (χ0) is 19.4. The number of benzene rings is 2. The number of nitrogen functional groups attached to an aromatic ring is 1. The number of nitrogens with two attached hydrogens (primary N) is 2. The van der Waals surface area contributed by atoms with Gasteiger partial charge in [-0.25, -0.2) is 4.39 Å². The lowest BCUT2D eigenvalue weighted by Gasteiger charge is -2.15. The summed E-state index contributed by atoms with van der Waals surface area (Å²) in [5.41, 5.74) is 13.2. The van der Waals surface area contributed by atoms with Gasteiger partial charge in [-0.2, -0.15) is 0 Å². The molecule has 138 valence electrons. The summed E-state index contributed by atoms with van der Waals surface area (Å²) in [4.78, 5) is 16.1. The number of ether oxygens (including phenoxy) is 1. The standard InChI is InChI=1S/C20H19FN4O2/c1-2-12-6-7-16(15(21)8-12)25-17-10-24-11-18(19(17)20(23)26)27-14-5-3-4-13(22)9-14/h3-11,25H,2,22H2,1H3,(H2,23,26). The van der Waals surface area contributed by atoms with Crippen molar-refractivity contribution in [3.63, 3.8) is 0 Å². The first-order chi connectivity index (χ1) is 13.0. The molecule has 3 rings (SSSR count). The molecule has 0 fully saturated rings. The number of nitrogens with zero attached hydrogens (tertiary/aromatic N) is 1. The quantitative estimate of drug-likeness (QED) is 0.572. The van der Waals surface area contributed by atoms with Gasteiger partial charge in [-0.15, -0.1) is 0 Å². The highest BCUT2D eigenvalue weighted by molar-refractivity contribution is 6.01. The lowest BCUT2D eigenvalue weighted by atomic mass is 10.1. The van der Waals surface area contributed by atoms with E-state index in [2.05, 4.69) is 10.3 Å². The molecule has 6 nitrogen and oxygen atoms in total. The van der Waals surface area contributed by atoms with Gasteiger partial charge < -0.3 is 21.5 Å². The second kappa shape index (κ2) is 7.74. The van der Waals surface area contributed by atoms with Crippen molar-refractivity contribution >= 4 is 23.0 Å². The van der Waals surface area contributed by atoms with Crippen LogP contribution in [0.3, 0.4) is 0 Å². The van der Waals surface area contributed by atoms with E-state index in [1.807, 2.05) is 6.92 Å². The van der Waals surface area contributed by atoms with Gasteiger partial charge >= 0.3 is 0 Å². The number of aromatic nitrogens is 1. The minimum Gasteiger partial charge on any atom is -0.455 e. The number of aryl methyl sites for hydroxylation is 1. The summed E-state index contributed by atoms with van der Waals surface area (Å²) in [6, 6.07) is 11.6. The Labute approximate surface area is 156 Å². The van der Waals surface area contributed by atoms with Crippen LogP contribution in [0.4, 0.5) is 21.5 Å². The Morgan fingerprint density at radius 3 is 2.67 bits per heavy atom. The van der Waals surface area contributed by atoms with Crippen LogP contribution in [0, 0.1) is 5.82 Å². The number of hydrogen-bond acceptors (Lipinski definition) is 5. The number of hydrogen-bond donors (Lipinski definition) is 3. The predicted molar refractivity (Wildman–Crippen MR) is 103 cm³/mol. The molecule has 0 saturated heterocycles. The molecule has 7 heteroatoms. The molecule has 0 aliphatic carbocycles. The molecule has 0 radical (unpaired) electrons. The number of amides is 1. The largest absolute Gasteiger partial charge is 0.455 e. The number of rotatable bonds is 6. The maximum atomic E-state index is 14.3. The molecule has 1 heterocycles. The van der Waals surface area contributed by atoms with Crippen LogP contribution in [0.25, 0.3) is 0 Å². The lowest BCUT2D eigenvalue weighted by molar-refractivity contribution is 0.0999. The zero-order valence-electron chi connectivity index (χ0n) is 14.7. The predicted octanol–water partition coefficient (Wildman–Crippen LogP) is 4.00. The van der Waals surface area contributed by atoms with Crippen molar-refractivity contribution in [1.82, 2.24) is 4.98 Å². The molecule has 0 spiro atoms. The van der Waals surface area contributed by atoms with Gasteiger partial charge in [0.1, 0.15) is 17.1 Å². The van der Waals surface area contributed by atoms with E-state index < -0.39 is 11.7 Å². The minimum absolute atomic E-state index is 0.0615. The molecule has 0 bridgehead atoms. The molecule has 0 aliphatic rings. The van der Waals surface area contributed by atoms with Gasteiger partial charge in [0.15, 0.2) is 5.75 Å². The maximum absolute atomic E-state index is 14.3. The third-order valence-electron chi connectivity index (χ3n) is 3.95. The first-order valence-electron chi connectivity index (χ1n) is 8.34. The fourth-order valence-corrected chi connectivity index (χ4v) is 2.60. The van der Waals surface area contributed by atoms with Crippen molar-refractivity contribution in [2.45, 2.75) is 13.3 Å². The van der Waals surface area contributed by atoms with Crippen molar-refractivity contribution in [2.24, 2.45) is 5.73 Å². The van der Waals surface area contributed by atoms with Crippen LogP contribution in [0.1, 0.15) is 22.8 Å². The molecule has 0 unspecified atom stereocenters. The summed E-state index contributed by atoms with van der Waals surface area (Å²) in [6.45, 7) is 1.94. The molecule has 1 amide bonds. The fourth-order valence-electron chi connectivity index (χ4n) is 2.60. The van der Waals surface area contributed by atoms with Crippen molar-refractivity contribution in [3.8, 4) is 11.5 Å². The van der Waals surface area contributed by atoms with Crippen LogP contribution >= 0.6 is 0 Å². The Hall–Kier alpha value is -3.61. The third kappa shape index (κ3) is 4.14. The van der Waals surface area contributed by atoms with Crippen molar-refractivity contribution < 1.29 is 13.9 Å². The Kier molecular flexibility index (Phi) is 5.21. The van der Waals surface area contributed by atoms with E-state index in [4.69, 9.17) is 16.2 Å². The molecule has 0 atom stereocenters. The summed E-state index contributed by atoms with van der Waals surface area (Å²) in [7, 11) is 0. The van der Waals surface area contributed by atoms with Crippen LogP contribution in [0.5, 0.6) is 11.5 Å². The Balaban J connectivity index is 1.97. The van der Waals surface area contributed by atoms with E-state index in [1.54, 1.807) is 36.4 Å². The SMILES string of the molecule is CCc1ccc(Nc2cncc(Oc3cccc(N)c3)c2C(N)=O)c(F)c1. The second-order valence-electron chi connectivity index (χ2n) is 5.89. The number of halogens is 1. The number of primary amides is 1. The van der Waals surface area contributed by atoms with Gasteiger partial charge in [-0.3, -0.25) is 9.78 Å². The van der Waals surface area contributed by atoms with Gasteiger partial charge in [-0.1, -0.05) is 19.1 Å². The molecule has 0 saturated carbocycles. The summed E-state index contributed by atoms with van der Waals surface area (Å²) < 4.78 is 20.0. The molecule has 2 aromatic carbocycles. The summed E-state index contributed by atoms with van der Waals surface area (Å²) in [6.07, 6.45) is 3.47. The highest BCUT2D eigenvalue weighted by Gasteiger charge is 2.18. The Bertz CT molecular complexity index is 991. The van der Waals surface area contributed by atoms with Gasteiger partial charge in [0.25, 0.3) is 5.91 Å². The van der Waals surface area contributed by atoms with E-state index in [0.717, 1.165) is 12.0 Å². The highest BCUT2D eigenvalue weighted by Crippen LogP contribution is 2.32. The highest BCUT2D eigenvalue weighted by atomic mass is 19.1. The number of anilines is 3. The van der Waals surface area contributed by atoms with Crippen molar-refractivity contribution in [3.05, 3.63) is 71.8 Å². The average Bonchev–Trinajstić information content (AvgIpc) is 2.63. The van der Waals surface area contributed by atoms with Gasteiger partial charge in [-0.05, 0) is 36.2 Å². The number of carbonyl (C=O) groups is 1. The lowest BCUT2D eigenvalue weighted by Crippen LogP contribution is -2.15. The van der Waals surface area contributed by atoms with E-state index in [1.165, 1.54) is 18.5 Å². The first kappa shape index (κ1) is 18.2. The van der Waals surface area contributed by atoms with E-state index in [0.29, 0.717) is 11.4 Å². The number of nitrogens with one attached hydrogen (secondary N) is 1. The van der Waals surface area contributed by atoms with E-state index in [9.17, 15) is 9.18 Å². The summed E-state index contributed by atoms with van der Waals surface area (Å²) >= 11 is 0. The Morgan fingerprint density at radius 2 is 2.00 bits per heavy atom. The summed E-state index contributed by atoms with van der Waals surface area (Å²) in [5.74, 6) is -0.602. The first-order valence-corrected chi connectivity index (χ1v) is 8.34. The van der Waals surface area contributed by atoms with Gasteiger partial charge in [0.2, 0.25) is 0 Å². The maximum Gasteiger partial charge on any atom is 0.254 e. The molecule has 0 aliphatic heterocycles. The summed E-state index contributed by atoms with van der Waals surface area (Å²) in [5, 5.41) is 2.87. The molecule has 3 aromatic rings. The number of carbonyl (C=O) groups excluding carboxylic acids is 1. The molecule has 1 aromatic heterocycles. The molecule has 5 N–H and O–H groups in total. The van der Waals surface area contributed by atoms with Crippen molar-refractivity contribution in [1.29, 1.82) is 0 Å². The number of pyridine rings is 1. The third-order valence-corrected chi connectivity index (χ3v) is 3.95. The van der Waals surface area contributed by atoms with Crippen LogP contribution in [0.2, 0.25) is 0 Å². The smallest absolute Gasteiger partial charge is 0.254 e. The topological polar surface area (TPSA) is 103 Å². The normalized spacial score (nSPS) is 10.4. The van der Waals surface area contributed by atoms with E-state index in [-0.39, 0.29) is 22.7 Å². The molecule has 27 heavy (non-hydrogen) atoms. The fraction of sp³-hybridized carbons (Fsp3) is 0.100. The van der Waals surface area contributed by atoms with Gasteiger partial charge in [0.05, 0.1) is 23.8 Å². The minimum atomic E-state index is -0.732. The molecular weight excluding hydrogens is 347 g/mol. The van der Waals surface area contributed by atoms with Crippen LogP contribution < -0.4 is 21.5 Å². The average molecular weight is 366 g/mol. The second-order valence-corrected chi connectivity index (χ2v) is 5.89.